The molecule has 1 heterocycles. The number of piperazine rings is 1. The highest BCUT2D eigenvalue weighted by atomic mass is 19.4. The predicted molar refractivity (Wildman–Crippen MR) is 79.3 cm³/mol. The van der Waals surface area contributed by atoms with Crippen LogP contribution in [-0.4, -0.2) is 41.8 Å². The Bertz CT molecular complexity index is 348. The Labute approximate surface area is 126 Å². The van der Waals surface area contributed by atoms with Crippen LogP contribution in [0, 0.1) is 5.92 Å². The Kier molecular flexibility index (Phi) is 4.94. The molecule has 5 heteroatoms. The number of hydrogen-bond acceptors (Lipinski definition) is 2. The van der Waals surface area contributed by atoms with Crippen molar-refractivity contribution in [2.24, 2.45) is 5.92 Å². The van der Waals surface area contributed by atoms with Crippen LogP contribution in [0.1, 0.15) is 59.3 Å². The molecule has 1 N–H and O–H groups in total. The van der Waals surface area contributed by atoms with Gasteiger partial charge in [0, 0.05) is 30.6 Å². The SMILES string of the molecule is CCC1(CC)CN(CCCC(F)(F)F)C(C)(C2CC2)CN1. The molecule has 0 bridgehead atoms. The van der Waals surface area contributed by atoms with E-state index in [0.717, 1.165) is 25.9 Å². The summed E-state index contributed by atoms with van der Waals surface area (Å²) in [5, 5.41) is 3.72. The first-order chi connectivity index (χ1) is 9.75. The van der Waals surface area contributed by atoms with Crippen LogP contribution in [0.4, 0.5) is 13.2 Å². The molecule has 0 aromatic rings. The fraction of sp³-hybridized carbons (Fsp3) is 1.00. The third-order valence-corrected chi connectivity index (χ3v) is 5.74. The Balaban J connectivity index is 2.03. The fourth-order valence-corrected chi connectivity index (χ4v) is 3.72. The Hall–Kier alpha value is -0.290. The third-order valence-electron chi connectivity index (χ3n) is 5.74. The van der Waals surface area contributed by atoms with Gasteiger partial charge in [0.15, 0.2) is 0 Å². The molecule has 21 heavy (non-hydrogen) atoms. The van der Waals surface area contributed by atoms with Crippen molar-refractivity contribution in [3.05, 3.63) is 0 Å². The smallest absolute Gasteiger partial charge is 0.308 e. The predicted octanol–water partition coefficient (Wildman–Crippen LogP) is 3.96. The molecule has 2 fully saturated rings. The standard InChI is InChI=1S/C16H29F3N2/c1-4-15(5-2)12-21(10-6-9-16(17,18)19)14(3,11-20-15)13-7-8-13/h13,20H,4-12H2,1-3H3. The van der Waals surface area contributed by atoms with Crippen LogP contribution in [0.2, 0.25) is 0 Å². The first-order valence-electron chi connectivity index (χ1n) is 8.31. The average molecular weight is 306 g/mol. The van der Waals surface area contributed by atoms with E-state index in [1.165, 1.54) is 12.8 Å². The number of nitrogens with one attached hydrogen (secondary N) is 1. The number of rotatable bonds is 6. The lowest BCUT2D eigenvalue weighted by Crippen LogP contribution is -2.69. The van der Waals surface area contributed by atoms with E-state index >= 15 is 0 Å². The molecule has 124 valence electrons. The maximum atomic E-state index is 12.4. The Morgan fingerprint density at radius 1 is 1.19 bits per heavy atom. The fourth-order valence-electron chi connectivity index (χ4n) is 3.72. The Morgan fingerprint density at radius 3 is 2.29 bits per heavy atom. The maximum Gasteiger partial charge on any atom is 0.389 e. The van der Waals surface area contributed by atoms with E-state index in [0.29, 0.717) is 12.5 Å². The quantitative estimate of drug-likeness (QED) is 0.799. The van der Waals surface area contributed by atoms with Gasteiger partial charge in [0.25, 0.3) is 0 Å². The topological polar surface area (TPSA) is 15.3 Å². The minimum absolute atomic E-state index is 0.0411. The van der Waals surface area contributed by atoms with E-state index in [-0.39, 0.29) is 17.5 Å². The van der Waals surface area contributed by atoms with Crippen LogP contribution < -0.4 is 5.32 Å². The van der Waals surface area contributed by atoms with Gasteiger partial charge >= 0.3 is 6.18 Å². The van der Waals surface area contributed by atoms with Crippen LogP contribution >= 0.6 is 0 Å². The molecule has 1 aliphatic heterocycles. The Morgan fingerprint density at radius 2 is 1.81 bits per heavy atom. The van der Waals surface area contributed by atoms with Gasteiger partial charge in [-0.15, -0.1) is 0 Å². The zero-order valence-electron chi connectivity index (χ0n) is 13.5. The van der Waals surface area contributed by atoms with Crippen molar-refractivity contribution in [3.8, 4) is 0 Å². The van der Waals surface area contributed by atoms with Crippen molar-refractivity contribution in [3.63, 3.8) is 0 Å². The molecular formula is C16H29F3N2. The van der Waals surface area contributed by atoms with Crippen LogP contribution in [0.15, 0.2) is 0 Å². The first-order valence-corrected chi connectivity index (χ1v) is 8.31. The molecule has 2 aliphatic rings. The van der Waals surface area contributed by atoms with Gasteiger partial charge in [-0.1, -0.05) is 13.8 Å². The van der Waals surface area contributed by atoms with Crippen LogP contribution in [0.25, 0.3) is 0 Å². The highest BCUT2D eigenvalue weighted by Gasteiger charge is 2.50. The zero-order chi connectivity index (χ0) is 15.7. The average Bonchev–Trinajstić information content (AvgIpc) is 3.25. The van der Waals surface area contributed by atoms with Gasteiger partial charge in [-0.25, -0.2) is 0 Å². The molecule has 0 aromatic heterocycles. The summed E-state index contributed by atoms with van der Waals surface area (Å²) in [6.07, 6.45) is 0.0211. The molecule has 0 aromatic carbocycles. The van der Waals surface area contributed by atoms with Gasteiger partial charge in [0.1, 0.15) is 0 Å². The van der Waals surface area contributed by atoms with Crippen molar-refractivity contribution in [1.82, 2.24) is 10.2 Å². The molecule has 0 radical (unpaired) electrons. The molecular weight excluding hydrogens is 277 g/mol. The highest BCUT2D eigenvalue weighted by molar-refractivity contribution is 5.08. The van der Waals surface area contributed by atoms with Crippen molar-refractivity contribution in [2.75, 3.05) is 19.6 Å². The van der Waals surface area contributed by atoms with Gasteiger partial charge in [0.2, 0.25) is 0 Å². The molecule has 1 saturated carbocycles. The van der Waals surface area contributed by atoms with Crippen molar-refractivity contribution >= 4 is 0 Å². The molecule has 1 atom stereocenters. The van der Waals surface area contributed by atoms with E-state index in [1.807, 2.05) is 0 Å². The number of alkyl halides is 3. The minimum Gasteiger partial charge on any atom is -0.308 e. The monoisotopic (exact) mass is 306 g/mol. The molecule has 0 spiro atoms. The number of hydrogen-bond donors (Lipinski definition) is 1. The number of nitrogens with zero attached hydrogens (tertiary/aromatic N) is 1. The lowest BCUT2D eigenvalue weighted by atomic mass is 9.81. The van der Waals surface area contributed by atoms with E-state index in [1.54, 1.807) is 0 Å². The second-order valence-electron chi connectivity index (χ2n) is 7.11. The molecule has 2 nitrogen and oxygen atoms in total. The minimum atomic E-state index is -4.03. The zero-order valence-corrected chi connectivity index (χ0v) is 13.5. The van der Waals surface area contributed by atoms with Crippen LogP contribution in [-0.2, 0) is 0 Å². The highest BCUT2D eigenvalue weighted by Crippen LogP contribution is 2.45. The van der Waals surface area contributed by atoms with Gasteiger partial charge in [-0.3, -0.25) is 4.90 Å². The summed E-state index contributed by atoms with van der Waals surface area (Å²) < 4.78 is 37.3. The normalized spacial score (nSPS) is 30.6. The summed E-state index contributed by atoms with van der Waals surface area (Å²) in [6.45, 7) is 8.93. The van der Waals surface area contributed by atoms with Gasteiger partial charge in [-0.05, 0) is 51.5 Å². The largest absolute Gasteiger partial charge is 0.389 e. The van der Waals surface area contributed by atoms with E-state index in [4.69, 9.17) is 0 Å². The van der Waals surface area contributed by atoms with E-state index < -0.39 is 12.6 Å². The second kappa shape index (κ2) is 6.07. The molecule has 1 unspecified atom stereocenters. The number of halogens is 3. The second-order valence-corrected chi connectivity index (χ2v) is 7.11. The van der Waals surface area contributed by atoms with E-state index in [9.17, 15) is 13.2 Å². The van der Waals surface area contributed by atoms with E-state index in [2.05, 4.69) is 31.0 Å². The molecule has 1 saturated heterocycles. The van der Waals surface area contributed by atoms with Crippen LogP contribution in [0.5, 0.6) is 0 Å². The summed E-state index contributed by atoms with van der Waals surface area (Å²) in [6, 6.07) is 0. The lowest BCUT2D eigenvalue weighted by Gasteiger charge is -2.54. The summed E-state index contributed by atoms with van der Waals surface area (Å²) in [4.78, 5) is 2.36. The first kappa shape index (κ1) is 17.1. The summed E-state index contributed by atoms with van der Waals surface area (Å²) in [7, 11) is 0. The lowest BCUT2D eigenvalue weighted by molar-refractivity contribution is -0.137. The van der Waals surface area contributed by atoms with Gasteiger partial charge < -0.3 is 5.32 Å². The summed E-state index contributed by atoms with van der Waals surface area (Å²) >= 11 is 0. The van der Waals surface area contributed by atoms with Crippen molar-refractivity contribution in [1.29, 1.82) is 0 Å². The third kappa shape index (κ3) is 3.92. The maximum absolute atomic E-state index is 12.4. The molecule has 0 amide bonds. The van der Waals surface area contributed by atoms with Crippen LogP contribution in [0.3, 0.4) is 0 Å². The van der Waals surface area contributed by atoms with Crippen molar-refractivity contribution in [2.45, 2.75) is 76.6 Å². The summed E-state index contributed by atoms with van der Waals surface area (Å²) in [5.74, 6) is 0.655. The van der Waals surface area contributed by atoms with Gasteiger partial charge in [0.05, 0.1) is 0 Å². The van der Waals surface area contributed by atoms with Crippen molar-refractivity contribution < 1.29 is 13.2 Å². The molecule has 1 aliphatic carbocycles. The molecule has 2 rings (SSSR count). The summed E-state index contributed by atoms with van der Waals surface area (Å²) in [5.41, 5.74) is 0.117. The van der Waals surface area contributed by atoms with Gasteiger partial charge in [-0.2, -0.15) is 13.2 Å².